The molecule has 2 fully saturated rings. The minimum Gasteiger partial charge on any atom is -0.377 e. The molecule has 2 N–H and O–H groups in total. The number of hydrogen-bond donors (Lipinski definition) is 2. The maximum atomic E-state index is 12.3. The van der Waals surface area contributed by atoms with E-state index in [2.05, 4.69) is 20.6 Å². The van der Waals surface area contributed by atoms with Crippen LogP contribution >= 0.6 is 0 Å². The Kier molecular flexibility index (Phi) is 4.19. The molecule has 1 atom stereocenters. The Hall–Kier alpha value is -1.89. The third kappa shape index (κ3) is 3.41. The standard InChI is InChI=1S/C14H21N5O2/c1-2-16-12-7-15-8-13(18-12)19-5-6-21-9-11(19)14(20)17-10-3-4-10/h7-8,10-11H,2-6,9H2,1H3,(H,16,18)(H,17,20). The van der Waals surface area contributed by atoms with Crippen LogP contribution in [0.3, 0.4) is 0 Å². The number of rotatable bonds is 5. The van der Waals surface area contributed by atoms with Crippen LogP contribution < -0.4 is 15.5 Å². The van der Waals surface area contributed by atoms with Gasteiger partial charge in [-0.05, 0) is 19.8 Å². The maximum absolute atomic E-state index is 12.3. The van der Waals surface area contributed by atoms with Gasteiger partial charge in [-0.1, -0.05) is 0 Å². The SMILES string of the molecule is CCNc1cncc(N2CCOCC2C(=O)NC2CC2)n1. The van der Waals surface area contributed by atoms with Crippen LogP contribution in [-0.4, -0.2) is 54.3 Å². The minimum atomic E-state index is -0.328. The normalized spacial score (nSPS) is 22.0. The van der Waals surface area contributed by atoms with Crippen LogP contribution in [0.1, 0.15) is 19.8 Å². The van der Waals surface area contributed by atoms with Crippen LogP contribution in [-0.2, 0) is 9.53 Å². The molecule has 0 aromatic carbocycles. The molecule has 7 nitrogen and oxygen atoms in total. The molecule has 1 amide bonds. The molecule has 1 aliphatic carbocycles. The number of carbonyl (C=O) groups excluding carboxylic acids is 1. The van der Waals surface area contributed by atoms with Crippen LogP contribution in [0.4, 0.5) is 11.6 Å². The Morgan fingerprint density at radius 1 is 1.48 bits per heavy atom. The van der Waals surface area contributed by atoms with E-state index in [1.165, 1.54) is 0 Å². The molecule has 1 aromatic rings. The van der Waals surface area contributed by atoms with Crippen molar-refractivity contribution in [3.05, 3.63) is 12.4 Å². The molecular weight excluding hydrogens is 270 g/mol. The summed E-state index contributed by atoms with van der Waals surface area (Å²) in [5.41, 5.74) is 0. The van der Waals surface area contributed by atoms with E-state index in [4.69, 9.17) is 4.74 Å². The van der Waals surface area contributed by atoms with Gasteiger partial charge in [-0.2, -0.15) is 0 Å². The fourth-order valence-corrected chi connectivity index (χ4v) is 2.38. The summed E-state index contributed by atoms with van der Waals surface area (Å²) in [5, 5.41) is 6.18. The number of ether oxygens (including phenoxy) is 1. The zero-order valence-electron chi connectivity index (χ0n) is 12.2. The average Bonchev–Trinajstić information content (AvgIpc) is 3.32. The van der Waals surface area contributed by atoms with Crippen LogP contribution in [0.25, 0.3) is 0 Å². The first-order valence-corrected chi connectivity index (χ1v) is 7.48. The van der Waals surface area contributed by atoms with Crippen LogP contribution in [0.2, 0.25) is 0 Å². The van der Waals surface area contributed by atoms with Crippen molar-refractivity contribution in [3.8, 4) is 0 Å². The summed E-state index contributed by atoms with van der Waals surface area (Å²) in [4.78, 5) is 23.1. The Bertz CT molecular complexity index is 506. The van der Waals surface area contributed by atoms with Gasteiger partial charge >= 0.3 is 0 Å². The molecule has 0 spiro atoms. The monoisotopic (exact) mass is 291 g/mol. The first-order valence-electron chi connectivity index (χ1n) is 7.48. The first kappa shape index (κ1) is 14.1. The number of hydrogen-bond acceptors (Lipinski definition) is 6. The van der Waals surface area contributed by atoms with Crippen molar-refractivity contribution in [1.82, 2.24) is 15.3 Å². The average molecular weight is 291 g/mol. The molecule has 1 saturated carbocycles. The lowest BCUT2D eigenvalue weighted by atomic mass is 10.2. The lowest BCUT2D eigenvalue weighted by molar-refractivity contribution is -0.124. The van der Waals surface area contributed by atoms with Crippen molar-refractivity contribution >= 4 is 17.5 Å². The summed E-state index contributed by atoms with van der Waals surface area (Å²) in [6.45, 7) is 4.43. The molecule has 1 saturated heterocycles. The van der Waals surface area contributed by atoms with E-state index < -0.39 is 0 Å². The third-order valence-corrected chi connectivity index (χ3v) is 3.63. The van der Waals surface area contributed by atoms with Crippen molar-refractivity contribution < 1.29 is 9.53 Å². The van der Waals surface area contributed by atoms with Crippen molar-refractivity contribution in [1.29, 1.82) is 0 Å². The maximum Gasteiger partial charge on any atom is 0.245 e. The molecule has 21 heavy (non-hydrogen) atoms. The third-order valence-electron chi connectivity index (χ3n) is 3.63. The summed E-state index contributed by atoms with van der Waals surface area (Å²) < 4.78 is 5.47. The van der Waals surface area contributed by atoms with Gasteiger partial charge in [0.25, 0.3) is 0 Å². The predicted molar refractivity (Wildman–Crippen MR) is 79.3 cm³/mol. The van der Waals surface area contributed by atoms with Gasteiger partial charge in [-0.25, -0.2) is 4.98 Å². The second-order valence-electron chi connectivity index (χ2n) is 5.36. The summed E-state index contributed by atoms with van der Waals surface area (Å²) in [5.74, 6) is 1.46. The lowest BCUT2D eigenvalue weighted by Crippen LogP contribution is -2.54. The quantitative estimate of drug-likeness (QED) is 0.817. The highest BCUT2D eigenvalue weighted by Crippen LogP contribution is 2.22. The zero-order chi connectivity index (χ0) is 14.7. The van der Waals surface area contributed by atoms with Crippen LogP contribution in [0.15, 0.2) is 12.4 Å². The van der Waals surface area contributed by atoms with E-state index in [1.807, 2.05) is 11.8 Å². The number of aromatic nitrogens is 2. The number of carbonyl (C=O) groups is 1. The molecule has 3 rings (SSSR count). The molecule has 2 heterocycles. The Balaban J connectivity index is 1.76. The molecule has 1 aliphatic heterocycles. The summed E-state index contributed by atoms with van der Waals surface area (Å²) in [6, 6.07) is 0.0194. The highest BCUT2D eigenvalue weighted by Gasteiger charge is 2.34. The van der Waals surface area contributed by atoms with Gasteiger partial charge in [0.15, 0.2) is 0 Å². The van der Waals surface area contributed by atoms with Gasteiger partial charge in [-0.3, -0.25) is 9.78 Å². The summed E-state index contributed by atoms with van der Waals surface area (Å²) in [6.07, 6.45) is 5.54. The van der Waals surface area contributed by atoms with Crippen molar-refractivity contribution in [3.63, 3.8) is 0 Å². The van der Waals surface area contributed by atoms with E-state index in [0.717, 1.165) is 25.2 Å². The molecule has 114 valence electrons. The van der Waals surface area contributed by atoms with E-state index in [9.17, 15) is 4.79 Å². The van der Waals surface area contributed by atoms with E-state index in [1.54, 1.807) is 12.4 Å². The molecule has 1 aromatic heterocycles. The van der Waals surface area contributed by atoms with Gasteiger partial charge in [0.05, 0.1) is 25.6 Å². The Labute approximate surface area is 124 Å². The highest BCUT2D eigenvalue weighted by atomic mass is 16.5. The van der Waals surface area contributed by atoms with Gasteiger partial charge in [-0.15, -0.1) is 0 Å². The number of anilines is 2. The van der Waals surface area contributed by atoms with Crippen molar-refractivity contribution in [2.24, 2.45) is 0 Å². The Morgan fingerprint density at radius 2 is 2.33 bits per heavy atom. The number of nitrogens with zero attached hydrogens (tertiary/aromatic N) is 3. The highest BCUT2D eigenvalue weighted by molar-refractivity contribution is 5.85. The molecule has 7 heteroatoms. The lowest BCUT2D eigenvalue weighted by Gasteiger charge is -2.35. The van der Waals surface area contributed by atoms with Crippen molar-refractivity contribution in [2.45, 2.75) is 31.8 Å². The minimum absolute atomic E-state index is 0.0212. The fourth-order valence-electron chi connectivity index (χ4n) is 2.38. The van der Waals surface area contributed by atoms with Gasteiger partial charge in [0, 0.05) is 19.1 Å². The topological polar surface area (TPSA) is 79.4 Å². The summed E-state index contributed by atoms with van der Waals surface area (Å²) in [7, 11) is 0. The first-order chi connectivity index (χ1) is 10.3. The van der Waals surface area contributed by atoms with Crippen LogP contribution in [0, 0.1) is 0 Å². The fraction of sp³-hybridized carbons (Fsp3) is 0.643. The molecule has 1 unspecified atom stereocenters. The van der Waals surface area contributed by atoms with Crippen LogP contribution in [0.5, 0.6) is 0 Å². The van der Waals surface area contributed by atoms with Gasteiger partial charge < -0.3 is 20.3 Å². The van der Waals surface area contributed by atoms with Gasteiger partial charge in [0.2, 0.25) is 5.91 Å². The second kappa shape index (κ2) is 6.26. The summed E-state index contributed by atoms with van der Waals surface area (Å²) >= 11 is 0. The smallest absolute Gasteiger partial charge is 0.245 e. The molecule has 0 bridgehead atoms. The number of amides is 1. The van der Waals surface area contributed by atoms with Crippen molar-refractivity contribution in [2.75, 3.05) is 36.5 Å². The molecule has 2 aliphatic rings. The van der Waals surface area contributed by atoms with E-state index in [-0.39, 0.29) is 11.9 Å². The Morgan fingerprint density at radius 3 is 3.10 bits per heavy atom. The molecule has 0 radical (unpaired) electrons. The number of nitrogens with one attached hydrogen (secondary N) is 2. The van der Waals surface area contributed by atoms with Gasteiger partial charge in [0.1, 0.15) is 17.7 Å². The molecular formula is C14H21N5O2. The second-order valence-corrected chi connectivity index (χ2v) is 5.36. The zero-order valence-corrected chi connectivity index (χ0v) is 12.2. The largest absolute Gasteiger partial charge is 0.377 e. The predicted octanol–water partition coefficient (Wildman–Crippen LogP) is 0.392. The van der Waals surface area contributed by atoms with E-state index in [0.29, 0.717) is 31.6 Å². The van der Waals surface area contributed by atoms with E-state index >= 15 is 0 Å². The number of morpholine rings is 1.